The summed E-state index contributed by atoms with van der Waals surface area (Å²) in [6.45, 7) is 10.8. The van der Waals surface area contributed by atoms with Crippen LogP contribution in [0.1, 0.15) is 52.4 Å². The minimum atomic E-state index is -0.428. The molecule has 132 valence electrons. The molecule has 0 aromatic heterocycles. The van der Waals surface area contributed by atoms with Gasteiger partial charge in [0.15, 0.2) is 0 Å². The van der Waals surface area contributed by atoms with Gasteiger partial charge in [0.2, 0.25) is 0 Å². The predicted octanol–water partition coefficient (Wildman–Crippen LogP) is 3.17. The second kappa shape index (κ2) is 12.9. The summed E-state index contributed by atoms with van der Waals surface area (Å²) in [7, 11) is 0. The standard InChI is InChI=1S/C18H30O5/c1-5-15(22-17(20)7-3)12-14(10-9-11-19)13-16(6-2)23-18(21)8-4/h7-8,14-16,19H,3-6,9-13H2,1-2H3. The fourth-order valence-corrected chi connectivity index (χ4v) is 2.48. The van der Waals surface area contributed by atoms with Crippen LogP contribution in [0, 0.1) is 5.92 Å². The fourth-order valence-electron chi connectivity index (χ4n) is 2.48. The van der Waals surface area contributed by atoms with Crippen LogP contribution >= 0.6 is 0 Å². The number of hydrogen-bond donors (Lipinski definition) is 1. The first-order valence-corrected chi connectivity index (χ1v) is 8.27. The Balaban J connectivity index is 4.74. The van der Waals surface area contributed by atoms with Crippen molar-refractivity contribution >= 4 is 11.9 Å². The first kappa shape index (κ1) is 21.4. The van der Waals surface area contributed by atoms with E-state index in [1.165, 1.54) is 0 Å². The summed E-state index contributed by atoms with van der Waals surface area (Å²) < 4.78 is 10.7. The summed E-state index contributed by atoms with van der Waals surface area (Å²) in [4.78, 5) is 22.8. The SMILES string of the molecule is C=CC(=O)OC(CC)CC(CCCO)CC(CC)OC(=O)C=C. The van der Waals surface area contributed by atoms with Gasteiger partial charge in [0.25, 0.3) is 0 Å². The molecule has 23 heavy (non-hydrogen) atoms. The first-order valence-electron chi connectivity index (χ1n) is 8.27. The molecule has 0 aliphatic carbocycles. The van der Waals surface area contributed by atoms with Crippen molar-refractivity contribution < 1.29 is 24.2 Å². The Morgan fingerprint density at radius 3 is 1.74 bits per heavy atom. The second-order valence-electron chi connectivity index (χ2n) is 5.55. The van der Waals surface area contributed by atoms with Crippen LogP contribution in [-0.4, -0.2) is 35.9 Å². The molecule has 0 spiro atoms. The third-order valence-electron chi connectivity index (χ3n) is 3.77. The lowest BCUT2D eigenvalue weighted by Crippen LogP contribution is -2.25. The van der Waals surface area contributed by atoms with Gasteiger partial charge in [0, 0.05) is 18.8 Å². The molecular formula is C18H30O5. The number of ether oxygens (including phenoxy) is 2. The average Bonchev–Trinajstić information content (AvgIpc) is 2.57. The van der Waals surface area contributed by atoms with Gasteiger partial charge in [0.05, 0.1) is 0 Å². The first-order chi connectivity index (χ1) is 11.0. The minimum absolute atomic E-state index is 0.114. The van der Waals surface area contributed by atoms with E-state index in [0.29, 0.717) is 32.1 Å². The molecule has 0 aliphatic heterocycles. The van der Waals surface area contributed by atoms with Crippen LogP contribution in [0.5, 0.6) is 0 Å². The normalized spacial score (nSPS) is 14.4. The maximum atomic E-state index is 11.4. The van der Waals surface area contributed by atoms with E-state index in [-0.39, 0.29) is 24.7 Å². The van der Waals surface area contributed by atoms with Crippen LogP contribution < -0.4 is 0 Å². The van der Waals surface area contributed by atoms with Crippen molar-refractivity contribution in [3.8, 4) is 0 Å². The van der Waals surface area contributed by atoms with Crippen molar-refractivity contribution in [2.75, 3.05) is 6.61 Å². The van der Waals surface area contributed by atoms with Crippen molar-refractivity contribution in [1.29, 1.82) is 0 Å². The van der Waals surface area contributed by atoms with Gasteiger partial charge in [-0.2, -0.15) is 0 Å². The Morgan fingerprint density at radius 1 is 1.00 bits per heavy atom. The molecule has 2 unspecified atom stereocenters. The van der Waals surface area contributed by atoms with Crippen LogP contribution in [0.25, 0.3) is 0 Å². The topological polar surface area (TPSA) is 72.8 Å². The summed E-state index contributed by atoms with van der Waals surface area (Å²) in [5.41, 5.74) is 0. The van der Waals surface area contributed by atoms with E-state index in [0.717, 1.165) is 18.6 Å². The highest BCUT2D eigenvalue weighted by molar-refractivity contribution is 5.81. The molecular weight excluding hydrogens is 296 g/mol. The van der Waals surface area contributed by atoms with Crippen LogP contribution in [0.4, 0.5) is 0 Å². The van der Waals surface area contributed by atoms with Gasteiger partial charge in [0.1, 0.15) is 12.2 Å². The van der Waals surface area contributed by atoms with Crippen LogP contribution in [0.15, 0.2) is 25.3 Å². The zero-order valence-electron chi connectivity index (χ0n) is 14.3. The van der Waals surface area contributed by atoms with E-state index < -0.39 is 11.9 Å². The Labute approximate surface area is 139 Å². The molecule has 5 nitrogen and oxygen atoms in total. The van der Waals surface area contributed by atoms with E-state index >= 15 is 0 Å². The Kier molecular flexibility index (Phi) is 12.0. The Bertz CT molecular complexity index is 346. The zero-order chi connectivity index (χ0) is 17.7. The lowest BCUT2D eigenvalue weighted by molar-refractivity contribution is -0.145. The second-order valence-corrected chi connectivity index (χ2v) is 5.55. The highest BCUT2D eigenvalue weighted by atomic mass is 16.5. The van der Waals surface area contributed by atoms with Crippen molar-refractivity contribution in [2.24, 2.45) is 5.92 Å². The number of aliphatic hydroxyl groups is 1. The summed E-state index contributed by atoms with van der Waals surface area (Å²) in [5, 5.41) is 9.07. The van der Waals surface area contributed by atoms with Gasteiger partial charge >= 0.3 is 11.9 Å². The van der Waals surface area contributed by atoms with E-state index in [1.54, 1.807) is 0 Å². The summed E-state index contributed by atoms with van der Waals surface area (Å²) in [5.74, 6) is -0.655. The molecule has 0 amide bonds. The molecule has 5 heteroatoms. The molecule has 0 heterocycles. The zero-order valence-corrected chi connectivity index (χ0v) is 14.3. The quantitative estimate of drug-likeness (QED) is 0.416. The lowest BCUT2D eigenvalue weighted by Gasteiger charge is -2.26. The van der Waals surface area contributed by atoms with E-state index in [9.17, 15) is 9.59 Å². The van der Waals surface area contributed by atoms with E-state index in [2.05, 4.69) is 13.2 Å². The molecule has 0 saturated heterocycles. The predicted molar refractivity (Wildman–Crippen MR) is 89.8 cm³/mol. The monoisotopic (exact) mass is 326 g/mol. The molecule has 0 fully saturated rings. The molecule has 0 rings (SSSR count). The summed E-state index contributed by atoms with van der Waals surface area (Å²) in [6.07, 6.45) is 6.16. The molecule has 0 aromatic carbocycles. The molecule has 0 aliphatic rings. The van der Waals surface area contributed by atoms with Crippen LogP contribution in [-0.2, 0) is 19.1 Å². The van der Waals surface area contributed by atoms with Gasteiger partial charge in [-0.25, -0.2) is 9.59 Å². The van der Waals surface area contributed by atoms with Gasteiger partial charge < -0.3 is 14.6 Å². The molecule has 0 radical (unpaired) electrons. The number of esters is 2. The van der Waals surface area contributed by atoms with Crippen molar-refractivity contribution in [3.63, 3.8) is 0 Å². The number of rotatable bonds is 13. The van der Waals surface area contributed by atoms with Crippen molar-refractivity contribution in [1.82, 2.24) is 0 Å². The number of carbonyl (C=O) groups excluding carboxylic acids is 2. The van der Waals surface area contributed by atoms with Crippen LogP contribution in [0.2, 0.25) is 0 Å². The molecule has 1 N–H and O–H groups in total. The Morgan fingerprint density at radius 2 is 1.43 bits per heavy atom. The fraction of sp³-hybridized carbons (Fsp3) is 0.667. The highest BCUT2D eigenvalue weighted by Crippen LogP contribution is 2.25. The van der Waals surface area contributed by atoms with Gasteiger partial charge in [-0.05, 0) is 44.4 Å². The summed E-state index contributed by atoms with van der Waals surface area (Å²) in [6, 6.07) is 0. The summed E-state index contributed by atoms with van der Waals surface area (Å²) >= 11 is 0. The maximum absolute atomic E-state index is 11.4. The molecule has 0 aromatic rings. The average molecular weight is 326 g/mol. The van der Waals surface area contributed by atoms with E-state index in [4.69, 9.17) is 14.6 Å². The highest BCUT2D eigenvalue weighted by Gasteiger charge is 2.22. The number of aliphatic hydroxyl groups excluding tert-OH is 1. The van der Waals surface area contributed by atoms with Gasteiger partial charge in [-0.15, -0.1) is 0 Å². The molecule has 0 saturated carbocycles. The number of carbonyl (C=O) groups is 2. The maximum Gasteiger partial charge on any atom is 0.330 e. The molecule has 2 atom stereocenters. The van der Waals surface area contributed by atoms with E-state index in [1.807, 2.05) is 13.8 Å². The molecule has 0 bridgehead atoms. The van der Waals surface area contributed by atoms with Crippen LogP contribution in [0.3, 0.4) is 0 Å². The Hall–Kier alpha value is -1.62. The van der Waals surface area contributed by atoms with Gasteiger partial charge in [-0.1, -0.05) is 27.0 Å². The lowest BCUT2D eigenvalue weighted by atomic mass is 9.89. The third-order valence-corrected chi connectivity index (χ3v) is 3.77. The minimum Gasteiger partial charge on any atom is -0.459 e. The van der Waals surface area contributed by atoms with Crippen molar-refractivity contribution in [2.45, 2.75) is 64.6 Å². The number of hydrogen-bond acceptors (Lipinski definition) is 5. The third kappa shape index (κ3) is 9.89. The van der Waals surface area contributed by atoms with Gasteiger partial charge in [-0.3, -0.25) is 0 Å². The largest absolute Gasteiger partial charge is 0.459 e. The smallest absolute Gasteiger partial charge is 0.330 e. The van der Waals surface area contributed by atoms with Crippen molar-refractivity contribution in [3.05, 3.63) is 25.3 Å².